The van der Waals surface area contributed by atoms with Crippen LogP contribution in [0.3, 0.4) is 0 Å². The summed E-state index contributed by atoms with van der Waals surface area (Å²) < 4.78 is 0. The van der Waals surface area contributed by atoms with Gasteiger partial charge >= 0.3 is 11.8 Å². The van der Waals surface area contributed by atoms with Crippen molar-refractivity contribution in [3.63, 3.8) is 0 Å². The van der Waals surface area contributed by atoms with Crippen LogP contribution in [0.15, 0.2) is 47.6 Å². The molecular formula is C17H19N3O2. The zero-order valence-corrected chi connectivity index (χ0v) is 12.7. The lowest BCUT2D eigenvalue weighted by Crippen LogP contribution is -2.41. The summed E-state index contributed by atoms with van der Waals surface area (Å²) in [5, 5.41) is 6.03. The third-order valence-electron chi connectivity index (χ3n) is 3.44. The van der Waals surface area contributed by atoms with Crippen LogP contribution < -0.4 is 5.43 Å². The van der Waals surface area contributed by atoms with E-state index in [1.807, 2.05) is 56.3 Å². The highest BCUT2D eigenvalue weighted by atomic mass is 16.2. The summed E-state index contributed by atoms with van der Waals surface area (Å²) in [6.45, 7) is 4.65. The fourth-order valence-corrected chi connectivity index (χ4v) is 2.23. The SMILES string of the molecule is CCN(CC)C(=O)C(=O)N/N=C\c1cccc2ccccc12. The molecule has 0 spiro atoms. The topological polar surface area (TPSA) is 61.8 Å². The molecule has 114 valence electrons. The van der Waals surface area contributed by atoms with Crippen molar-refractivity contribution in [2.45, 2.75) is 13.8 Å². The van der Waals surface area contributed by atoms with Gasteiger partial charge in [-0.25, -0.2) is 5.43 Å². The molecule has 0 aliphatic carbocycles. The van der Waals surface area contributed by atoms with Gasteiger partial charge in [0.05, 0.1) is 6.21 Å². The molecule has 0 heterocycles. The van der Waals surface area contributed by atoms with E-state index in [1.165, 1.54) is 4.90 Å². The van der Waals surface area contributed by atoms with Crippen molar-refractivity contribution in [2.24, 2.45) is 5.10 Å². The molecular weight excluding hydrogens is 278 g/mol. The van der Waals surface area contributed by atoms with Crippen molar-refractivity contribution in [1.29, 1.82) is 0 Å². The van der Waals surface area contributed by atoms with Gasteiger partial charge in [0.1, 0.15) is 0 Å². The maximum absolute atomic E-state index is 11.8. The maximum atomic E-state index is 11.8. The number of amides is 2. The molecule has 0 aliphatic rings. The minimum absolute atomic E-state index is 0.496. The normalized spacial score (nSPS) is 10.8. The molecule has 22 heavy (non-hydrogen) atoms. The van der Waals surface area contributed by atoms with E-state index in [-0.39, 0.29) is 0 Å². The largest absolute Gasteiger partial charge is 0.335 e. The molecule has 2 rings (SSSR count). The molecule has 0 aromatic heterocycles. The number of hydrogen-bond acceptors (Lipinski definition) is 3. The highest BCUT2D eigenvalue weighted by molar-refractivity contribution is 6.35. The lowest BCUT2D eigenvalue weighted by Gasteiger charge is -2.16. The average Bonchev–Trinajstić information content (AvgIpc) is 2.56. The number of nitrogens with one attached hydrogen (secondary N) is 1. The van der Waals surface area contributed by atoms with Gasteiger partial charge in [0, 0.05) is 18.7 Å². The Balaban J connectivity index is 2.09. The Morgan fingerprint density at radius 2 is 1.77 bits per heavy atom. The van der Waals surface area contributed by atoms with Crippen LogP contribution in [0.4, 0.5) is 0 Å². The number of hydrogen-bond donors (Lipinski definition) is 1. The Morgan fingerprint density at radius 1 is 1.09 bits per heavy atom. The molecule has 2 aromatic carbocycles. The number of benzene rings is 2. The first-order valence-electron chi connectivity index (χ1n) is 7.27. The zero-order valence-electron chi connectivity index (χ0n) is 12.7. The Hall–Kier alpha value is -2.69. The highest BCUT2D eigenvalue weighted by Gasteiger charge is 2.18. The van der Waals surface area contributed by atoms with Crippen LogP contribution in [0.2, 0.25) is 0 Å². The van der Waals surface area contributed by atoms with Gasteiger partial charge in [-0.05, 0) is 24.6 Å². The predicted molar refractivity (Wildman–Crippen MR) is 87.6 cm³/mol. The molecule has 0 bridgehead atoms. The van der Waals surface area contributed by atoms with Gasteiger partial charge in [-0.3, -0.25) is 9.59 Å². The van der Waals surface area contributed by atoms with Crippen molar-refractivity contribution in [1.82, 2.24) is 10.3 Å². The lowest BCUT2D eigenvalue weighted by molar-refractivity contribution is -0.145. The van der Waals surface area contributed by atoms with Gasteiger partial charge in [-0.15, -0.1) is 0 Å². The molecule has 0 saturated carbocycles. The summed E-state index contributed by atoms with van der Waals surface area (Å²) in [6.07, 6.45) is 1.55. The number of carbonyl (C=O) groups is 2. The van der Waals surface area contributed by atoms with Gasteiger partial charge in [0.15, 0.2) is 0 Å². The second-order valence-electron chi connectivity index (χ2n) is 4.74. The fraction of sp³-hybridized carbons (Fsp3) is 0.235. The number of likely N-dealkylation sites (N-methyl/N-ethyl adjacent to an activating group) is 1. The molecule has 5 nitrogen and oxygen atoms in total. The third-order valence-corrected chi connectivity index (χ3v) is 3.44. The third kappa shape index (κ3) is 3.49. The van der Waals surface area contributed by atoms with Crippen LogP contribution in [0.25, 0.3) is 10.8 Å². The van der Waals surface area contributed by atoms with E-state index in [0.29, 0.717) is 13.1 Å². The van der Waals surface area contributed by atoms with Crippen molar-refractivity contribution >= 4 is 28.8 Å². The number of fused-ring (bicyclic) bond motifs is 1. The summed E-state index contributed by atoms with van der Waals surface area (Å²) >= 11 is 0. The lowest BCUT2D eigenvalue weighted by atomic mass is 10.1. The van der Waals surface area contributed by atoms with E-state index in [4.69, 9.17) is 0 Å². The molecule has 2 aromatic rings. The van der Waals surface area contributed by atoms with E-state index in [1.54, 1.807) is 6.21 Å². The summed E-state index contributed by atoms with van der Waals surface area (Å²) in [5.41, 5.74) is 3.17. The first-order chi connectivity index (χ1) is 10.7. The molecule has 0 radical (unpaired) electrons. The van der Waals surface area contributed by atoms with Gasteiger partial charge in [-0.1, -0.05) is 42.5 Å². The summed E-state index contributed by atoms with van der Waals surface area (Å²) in [6, 6.07) is 13.7. The molecule has 0 aliphatic heterocycles. The Kier molecular flexibility index (Phi) is 5.25. The number of hydrazone groups is 1. The maximum Gasteiger partial charge on any atom is 0.329 e. The highest BCUT2D eigenvalue weighted by Crippen LogP contribution is 2.16. The predicted octanol–water partition coefficient (Wildman–Crippen LogP) is 2.16. The molecule has 2 amide bonds. The Labute approximate surface area is 129 Å². The van der Waals surface area contributed by atoms with Crippen molar-refractivity contribution in [3.05, 3.63) is 48.0 Å². The number of rotatable bonds is 4. The van der Waals surface area contributed by atoms with Crippen LogP contribution in [0.5, 0.6) is 0 Å². The monoisotopic (exact) mass is 297 g/mol. The molecule has 0 unspecified atom stereocenters. The average molecular weight is 297 g/mol. The first kappa shape index (κ1) is 15.7. The second kappa shape index (κ2) is 7.36. The van der Waals surface area contributed by atoms with E-state index in [0.717, 1.165) is 16.3 Å². The molecule has 0 atom stereocenters. The summed E-state index contributed by atoms with van der Waals surface area (Å²) in [5.74, 6) is -1.29. The van der Waals surface area contributed by atoms with Gasteiger partial charge in [-0.2, -0.15) is 5.10 Å². The first-order valence-corrected chi connectivity index (χ1v) is 7.27. The van der Waals surface area contributed by atoms with Gasteiger partial charge < -0.3 is 4.90 Å². The molecule has 5 heteroatoms. The zero-order chi connectivity index (χ0) is 15.9. The van der Waals surface area contributed by atoms with Crippen molar-refractivity contribution in [3.8, 4) is 0 Å². The molecule has 0 fully saturated rings. The van der Waals surface area contributed by atoms with Gasteiger partial charge in [0.25, 0.3) is 0 Å². The van der Waals surface area contributed by atoms with Crippen LogP contribution in [-0.2, 0) is 9.59 Å². The minimum Gasteiger partial charge on any atom is -0.335 e. The van der Waals surface area contributed by atoms with E-state index in [2.05, 4.69) is 10.5 Å². The minimum atomic E-state index is -0.722. The Bertz CT molecular complexity index is 701. The van der Waals surface area contributed by atoms with Gasteiger partial charge in [0.2, 0.25) is 0 Å². The number of carbonyl (C=O) groups excluding carboxylic acids is 2. The van der Waals surface area contributed by atoms with E-state index < -0.39 is 11.8 Å². The number of nitrogens with zero attached hydrogens (tertiary/aromatic N) is 2. The van der Waals surface area contributed by atoms with Crippen LogP contribution in [0.1, 0.15) is 19.4 Å². The standard InChI is InChI=1S/C17H19N3O2/c1-3-20(4-2)17(22)16(21)19-18-12-14-10-7-9-13-8-5-6-11-15(13)14/h5-12H,3-4H2,1-2H3,(H,19,21)/b18-12-. The molecule has 0 saturated heterocycles. The van der Waals surface area contributed by atoms with Crippen LogP contribution in [0, 0.1) is 0 Å². The summed E-state index contributed by atoms with van der Waals surface area (Å²) in [4.78, 5) is 25.0. The van der Waals surface area contributed by atoms with Crippen LogP contribution >= 0.6 is 0 Å². The van der Waals surface area contributed by atoms with Crippen molar-refractivity contribution < 1.29 is 9.59 Å². The fourth-order valence-electron chi connectivity index (χ4n) is 2.23. The van der Waals surface area contributed by atoms with Crippen molar-refractivity contribution in [2.75, 3.05) is 13.1 Å². The van der Waals surface area contributed by atoms with Crippen LogP contribution in [-0.4, -0.2) is 36.0 Å². The smallest absolute Gasteiger partial charge is 0.329 e. The quantitative estimate of drug-likeness (QED) is 0.534. The van der Waals surface area contributed by atoms with E-state index in [9.17, 15) is 9.59 Å². The Morgan fingerprint density at radius 3 is 2.50 bits per heavy atom. The molecule has 1 N–H and O–H groups in total. The second-order valence-corrected chi connectivity index (χ2v) is 4.74. The van der Waals surface area contributed by atoms with E-state index >= 15 is 0 Å². The summed E-state index contributed by atoms with van der Waals surface area (Å²) in [7, 11) is 0.